The van der Waals surface area contributed by atoms with Gasteiger partial charge in [-0.15, -0.1) is 0 Å². The molecule has 1 saturated heterocycles. The van der Waals surface area contributed by atoms with Gasteiger partial charge in [0.1, 0.15) is 0 Å². The summed E-state index contributed by atoms with van der Waals surface area (Å²) in [7, 11) is 0. The van der Waals surface area contributed by atoms with E-state index in [1.54, 1.807) is 0 Å². The van der Waals surface area contributed by atoms with Crippen LogP contribution in [0.5, 0.6) is 0 Å². The van der Waals surface area contributed by atoms with E-state index in [-0.39, 0.29) is 0 Å². The molecule has 0 spiro atoms. The lowest BCUT2D eigenvalue weighted by molar-refractivity contribution is 0.501. The van der Waals surface area contributed by atoms with Gasteiger partial charge < -0.3 is 10.2 Å². The molecule has 1 aromatic rings. The summed E-state index contributed by atoms with van der Waals surface area (Å²) in [5.74, 6) is 0.530. The summed E-state index contributed by atoms with van der Waals surface area (Å²) < 4.78 is 0. The number of hydrogen-bond acceptors (Lipinski definition) is 2. The second-order valence-corrected chi connectivity index (χ2v) is 5.52. The van der Waals surface area contributed by atoms with Crippen molar-refractivity contribution in [1.82, 2.24) is 5.32 Å². The number of piperazine rings is 1. The van der Waals surface area contributed by atoms with Crippen LogP contribution in [0.15, 0.2) is 18.2 Å². The zero-order valence-corrected chi connectivity index (χ0v) is 11.6. The van der Waals surface area contributed by atoms with Crippen molar-refractivity contribution in [1.29, 1.82) is 0 Å². The van der Waals surface area contributed by atoms with Gasteiger partial charge in [0.05, 0.1) is 10.7 Å². The highest BCUT2D eigenvalue weighted by Gasteiger charge is 2.20. The highest BCUT2D eigenvalue weighted by Crippen LogP contribution is 2.31. The molecule has 1 N–H and O–H groups in total. The maximum atomic E-state index is 6.41. The molecule has 0 aromatic heterocycles. The molecule has 0 bridgehead atoms. The first-order valence-electron chi connectivity index (χ1n) is 6.36. The van der Waals surface area contributed by atoms with E-state index in [4.69, 9.17) is 11.6 Å². The van der Waals surface area contributed by atoms with Crippen LogP contribution < -0.4 is 10.2 Å². The number of anilines is 1. The van der Waals surface area contributed by atoms with Crippen LogP contribution in [-0.4, -0.2) is 25.7 Å². The molecule has 3 heteroatoms. The minimum Gasteiger partial charge on any atom is -0.365 e. The standard InChI is InChI=1S/C14H21ClN2/c1-10(2)12-4-5-14(13(15)8-12)17-7-6-16-9-11(17)3/h4-5,8,10-11,16H,6-7,9H2,1-3H3/t11-/m0/s1. The molecule has 94 valence electrons. The summed E-state index contributed by atoms with van der Waals surface area (Å²) >= 11 is 6.41. The summed E-state index contributed by atoms with van der Waals surface area (Å²) in [6, 6.07) is 6.97. The minimum atomic E-state index is 0.506. The van der Waals surface area contributed by atoms with Crippen LogP contribution in [0.1, 0.15) is 32.3 Å². The maximum absolute atomic E-state index is 6.41. The minimum absolute atomic E-state index is 0.506. The van der Waals surface area contributed by atoms with E-state index in [0.717, 1.165) is 24.7 Å². The van der Waals surface area contributed by atoms with Crippen LogP contribution in [0.4, 0.5) is 5.69 Å². The molecular formula is C14H21ClN2. The van der Waals surface area contributed by atoms with Crippen molar-refractivity contribution in [2.45, 2.75) is 32.7 Å². The zero-order valence-electron chi connectivity index (χ0n) is 10.8. The van der Waals surface area contributed by atoms with Crippen molar-refractivity contribution in [3.8, 4) is 0 Å². The van der Waals surface area contributed by atoms with Crippen LogP contribution >= 0.6 is 11.6 Å². The first kappa shape index (κ1) is 12.7. The molecule has 0 radical (unpaired) electrons. The third-order valence-corrected chi connectivity index (χ3v) is 3.75. The number of benzene rings is 1. The van der Waals surface area contributed by atoms with E-state index in [1.165, 1.54) is 11.3 Å². The predicted octanol–water partition coefficient (Wildman–Crippen LogP) is 3.26. The highest BCUT2D eigenvalue weighted by molar-refractivity contribution is 6.33. The zero-order chi connectivity index (χ0) is 12.4. The van der Waals surface area contributed by atoms with E-state index in [9.17, 15) is 0 Å². The Morgan fingerprint density at radius 3 is 2.76 bits per heavy atom. The van der Waals surface area contributed by atoms with Crippen molar-refractivity contribution in [2.75, 3.05) is 24.5 Å². The molecule has 1 aliphatic heterocycles. The molecule has 0 saturated carbocycles. The Hall–Kier alpha value is -0.730. The molecule has 1 aliphatic rings. The Bertz CT molecular complexity index is 390. The van der Waals surface area contributed by atoms with Crippen LogP contribution in [0.25, 0.3) is 0 Å². The fourth-order valence-electron chi connectivity index (χ4n) is 2.31. The molecule has 0 amide bonds. The van der Waals surface area contributed by atoms with Gasteiger partial charge in [-0.2, -0.15) is 0 Å². The lowest BCUT2D eigenvalue weighted by atomic mass is 10.0. The molecule has 0 unspecified atom stereocenters. The quantitative estimate of drug-likeness (QED) is 0.869. The van der Waals surface area contributed by atoms with Gasteiger partial charge in [-0.3, -0.25) is 0 Å². The first-order chi connectivity index (χ1) is 8.09. The first-order valence-corrected chi connectivity index (χ1v) is 6.74. The largest absolute Gasteiger partial charge is 0.365 e. The Morgan fingerprint density at radius 1 is 1.41 bits per heavy atom. The molecule has 1 heterocycles. The summed E-state index contributed by atoms with van der Waals surface area (Å²) in [6.07, 6.45) is 0. The van der Waals surface area contributed by atoms with Gasteiger partial charge >= 0.3 is 0 Å². The number of hydrogen-bond donors (Lipinski definition) is 1. The van der Waals surface area contributed by atoms with Crippen molar-refractivity contribution in [3.05, 3.63) is 28.8 Å². The molecule has 2 rings (SSSR count). The fourth-order valence-corrected chi connectivity index (χ4v) is 2.61. The smallest absolute Gasteiger partial charge is 0.0642 e. The number of nitrogens with one attached hydrogen (secondary N) is 1. The topological polar surface area (TPSA) is 15.3 Å². The molecule has 1 aromatic carbocycles. The lowest BCUT2D eigenvalue weighted by Gasteiger charge is -2.36. The molecule has 1 fully saturated rings. The predicted molar refractivity (Wildman–Crippen MR) is 75.2 cm³/mol. The van der Waals surface area contributed by atoms with E-state index in [0.29, 0.717) is 12.0 Å². The second-order valence-electron chi connectivity index (χ2n) is 5.11. The Balaban J connectivity index is 2.26. The van der Waals surface area contributed by atoms with Gasteiger partial charge in [-0.1, -0.05) is 31.5 Å². The maximum Gasteiger partial charge on any atom is 0.0642 e. The molecule has 0 aliphatic carbocycles. The molecule has 17 heavy (non-hydrogen) atoms. The summed E-state index contributed by atoms with van der Waals surface area (Å²) in [5, 5.41) is 4.28. The third kappa shape index (κ3) is 2.75. The monoisotopic (exact) mass is 252 g/mol. The molecule has 2 nitrogen and oxygen atoms in total. The summed E-state index contributed by atoms with van der Waals surface area (Å²) in [4.78, 5) is 2.39. The number of rotatable bonds is 2. The van der Waals surface area contributed by atoms with Crippen molar-refractivity contribution in [3.63, 3.8) is 0 Å². The van der Waals surface area contributed by atoms with Crippen LogP contribution in [0.3, 0.4) is 0 Å². The average molecular weight is 253 g/mol. The number of nitrogens with zero attached hydrogens (tertiary/aromatic N) is 1. The van der Waals surface area contributed by atoms with Crippen molar-refractivity contribution < 1.29 is 0 Å². The van der Waals surface area contributed by atoms with E-state index in [1.807, 2.05) is 0 Å². The number of halogens is 1. The van der Waals surface area contributed by atoms with Crippen LogP contribution in [0, 0.1) is 0 Å². The average Bonchev–Trinajstić information content (AvgIpc) is 2.30. The molecular weight excluding hydrogens is 232 g/mol. The summed E-state index contributed by atoms with van der Waals surface area (Å²) in [6.45, 7) is 9.72. The normalized spacial score (nSPS) is 21.0. The Morgan fingerprint density at radius 2 is 2.18 bits per heavy atom. The highest BCUT2D eigenvalue weighted by atomic mass is 35.5. The van der Waals surface area contributed by atoms with E-state index < -0.39 is 0 Å². The van der Waals surface area contributed by atoms with E-state index in [2.05, 4.69) is 49.2 Å². The van der Waals surface area contributed by atoms with Crippen LogP contribution in [-0.2, 0) is 0 Å². The SMILES string of the molecule is CC(C)c1ccc(N2CCNC[C@@H]2C)c(Cl)c1. The van der Waals surface area contributed by atoms with E-state index >= 15 is 0 Å². The fraction of sp³-hybridized carbons (Fsp3) is 0.571. The second kappa shape index (κ2) is 5.28. The molecule has 1 atom stereocenters. The van der Waals surface area contributed by atoms with Crippen LogP contribution in [0.2, 0.25) is 5.02 Å². The lowest BCUT2D eigenvalue weighted by Crippen LogP contribution is -2.50. The van der Waals surface area contributed by atoms with Gasteiger partial charge in [0.25, 0.3) is 0 Å². The van der Waals surface area contributed by atoms with Gasteiger partial charge in [0, 0.05) is 25.7 Å². The van der Waals surface area contributed by atoms with Crippen molar-refractivity contribution >= 4 is 17.3 Å². The third-order valence-electron chi connectivity index (χ3n) is 3.45. The summed E-state index contributed by atoms with van der Waals surface area (Å²) in [5.41, 5.74) is 2.48. The Kier molecular flexibility index (Phi) is 3.95. The van der Waals surface area contributed by atoms with Gasteiger partial charge in [0.15, 0.2) is 0 Å². The Labute approximate surface area is 109 Å². The van der Waals surface area contributed by atoms with Gasteiger partial charge in [0.2, 0.25) is 0 Å². The van der Waals surface area contributed by atoms with Gasteiger partial charge in [-0.25, -0.2) is 0 Å². The van der Waals surface area contributed by atoms with Crippen molar-refractivity contribution in [2.24, 2.45) is 0 Å². The van der Waals surface area contributed by atoms with Gasteiger partial charge in [-0.05, 0) is 30.5 Å².